The second kappa shape index (κ2) is 6.83. The summed E-state index contributed by atoms with van der Waals surface area (Å²) in [7, 11) is 0. The van der Waals surface area contributed by atoms with Gasteiger partial charge < -0.3 is 15.5 Å². The summed E-state index contributed by atoms with van der Waals surface area (Å²) < 4.78 is 7.52. The van der Waals surface area contributed by atoms with E-state index in [1.54, 1.807) is 18.2 Å². The second-order valence-electron chi connectivity index (χ2n) is 5.33. The van der Waals surface area contributed by atoms with Gasteiger partial charge in [0.2, 0.25) is 0 Å². The van der Waals surface area contributed by atoms with Crippen molar-refractivity contribution in [2.75, 3.05) is 11.1 Å². The molecule has 1 aromatic heterocycles. The number of amides is 1. The van der Waals surface area contributed by atoms with Crippen LogP contribution in [0.25, 0.3) is 11.3 Å². The van der Waals surface area contributed by atoms with Crippen LogP contribution in [0.15, 0.2) is 61.9 Å². The monoisotopic (exact) mass is 448 g/mol. The number of nitrogens with two attached hydrogens (primary N) is 1. The molecule has 6 heteroatoms. The molecule has 0 spiro atoms. The van der Waals surface area contributed by atoms with E-state index in [4.69, 9.17) is 10.2 Å². The minimum Gasteiger partial charge on any atom is -0.451 e. The molecule has 0 saturated carbocycles. The van der Waals surface area contributed by atoms with E-state index in [0.29, 0.717) is 17.1 Å². The zero-order valence-electron chi connectivity index (χ0n) is 12.8. The fourth-order valence-corrected chi connectivity index (χ4v) is 3.52. The quantitative estimate of drug-likeness (QED) is 0.510. The number of nitrogen functional groups attached to an aromatic ring is 1. The largest absolute Gasteiger partial charge is 0.451 e. The van der Waals surface area contributed by atoms with Crippen molar-refractivity contribution in [3.8, 4) is 11.3 Å². The molecule has 0 unspecified atom stereocenters. The predicted octanol–water partition coefficient (Wildman–Crippen LogP) is 5.61. The Hall–Kier alpha value is -2.05. The van der Waals surface area contributed by atoms with Crippen LogP contribution in [0, 0.1) is 6.92 Å². The van der Waals surface area contributed by atoms with Crippen LogP contribution in [-0.2, 0) is 0 Å². The fraction of sp³-hybridized carbons (Fsp3) is 0.0556. The second-order valence-corrected chi connectivity index (χ2v) is 7.10. The molecule has 2 aromatic carbocycles. The van der Waals surface area contributed by atoms with Crippen molar-refractivity contribution in [2.24, 2.45) is 0 Å². The topological polar surface area (TPSA) is 68.3 Å². The average molecular weight is 450 g/mol. The van der Waals surface area contributed by atoms with E-state index >= 15 is 0 Å². The van der Waals surface area contributed by atoms with E-state index in [0.717, 1.165) is 20.1 Å². The maximum Gasteiger partial charge on any atom is 0.291 e. The predicted molar refractivity (Wildman–Crippen MR) is 103 cm³/mol. The molecule has 0 bridgehead atoms. The highest BCUT2D eigenvalue weighted by atomic mass is 79.9. The van der Waals surface area contributed by atoms with Crippen LogP contribution in [0.4, 0.5) is 11.4 Å². The molecule has 0 aliphatic heterocycles. The van der Waals surface area contributed by atoms with Crippen LogP contribution in [-0.4, -0.2) is 5.91 Å². The van der Waals surface area contributed by atoms with E-state index in [1.807, 2.05) is 37.3 Å². The molecule has 0 saturated heterocycles. The lowest BCUT2D eigenvalue weighted by atomic mass is 10.2. The van der Waals surface area contributed by atoms with Gasteiger partial charge in [0.15, 0.2) is 5.76 Å². The minimum absolute atomic E-state index is 0.222. The number of carbonyl (C=O) groups is 1. The number of carbonyl (C=O) groups excluding carboxylic acids is 1. The number of furan rings is 1. The highest BCUT2D eigenvalue weighted by Crippen LogP contribution is 2.32. The summed E-state index contributed by atoms with van der Waals surface area (Å²) in [6.45, 7) is 1.94. The number of nitrogens with one attached hydrogen (secondary N) is 1. The minimum atomic E-state index is -0.343. The number of hydrogen-bond donors (Lipinski definition) is 2. The zero-order valence-corrected chi connectivity index (χ0v) is 15.9. The molecule has 3 N–H and O–H groups in total. The van der Waals surface area contributed by atoms with Gasteiger partial charge >= 0.3 is 0 Å². The van der Waals surface area contributed by atoms with Gasteiger partial charge in [0.05, 0.1) is 11.4 Å². The molecule has 1 heterocycles. The van der Waals surface area contributed by atoms with Gasteiger partial charge in [-0.15, -0.1) is 0 Å². The lowest BCUT2D eigenvalue weighted by molar-refractivity contribution is 0.0997. The van der Waals surface area contributed by atoms with Crippen LogP contribution >= 0.6 is 31.9 Å². The molecule has 24 heavy (non-hydrogen) atoms. The molecule has 4 nitrogen and oxygen atoms in total. The van der Waals surface area contributed by atoms with E-state index in [1.165, 1.54) is 0 Å². The van der Waals surface area contributed by atoms with Gasteiger partial charge in [0.25, 0.3) is 5.91 Å². The van der Waals surface area contributed by atoms with Crippen molar-refractivity contribution in [2.45, 2.75) is 6.92 Å². The van der Waals surface area contributed by atoms with Gasteiger partial charge in [0.1, 0.15) is 5.76 Å². The number of benzene rings is 2. The summed E-state index contributed by atoms with van der Waals surface area (Å²) in [5.74, 6) is 0.487. The summed E-state index contributed by atoms with van der Waals surface area (Å²) in [5.41, 5.74) is 8.91. The Morgan fingerprint density at radius 3 is 2.58 bits per heavy atom. The molecule has 0 aliphatic rings. The smallest absolute Gasteiger partial charge is 0.291 e. The molecule has 0 atom stereocenters. The summed E-state index contributed by atoms with van der Waals surface area (Å²) in [4.78, 5) is 12.4. The molecular weight excluding hydrogens is 436 g/mol. The Morgan fingerprint density at radius 1 is 1.08 bits per heavy atom. The van der Waals surface area contributed by atoms with Crippen molar-refractivity contribution in [1.29, 1.82) is 0 Å². The average Bonchev–Trinajstić information content (AvgIpc) is 3.00. The fourth-order valence-electron chi connectivity index (χ4n) is 2.27. The Morgan fingerprint density at radius 2 is 1.88 bits per heavy atom. The Kier molecular flexibility index (Phi) is 4.78. The summed E-state index contributed by atoms with van der Waals surface area (Å²) in [5, 5.41) is 2.77. The van der Waals surface area contributed by atoms with Crippen molar-refractivity contribution < 1.29 is 9.21 Å². The van der Waals surface area contributed by atoms with E-state index in [9.17, 15) is 4.79 Å². The molecule has 1 amide bonds. The number of halogens is 2. The number of anilines is 2. The molecule has 3 rings (SSSR count). The number of aryl methyl sites for hydroxylation is 1. The maximum atomic E-state index is 12.4. The molecule has 0 aliphatic carbocycles. The molecule has 122 valence electrons. The van der Waals surface area contributed by atoms with Crippen molar-refractivity contribution in [3.05, 3.63) is 68.8 Å². The lowest BCUT2D eigenvalue weighted by Gasteiger charge is -2.07. The number of hydrogen-bond acceptors (Lipinski definition) is 3. The first-order chi connectivity index (χ1) is 11.4. The molecule has 3 aromatic rings. The third-order valence-corrected chi connectivity index (χ3v) is 4.63. The highest BCUT2D eigenvalue weighted by molar-refractivity contribution is 9.11. The first-order valence-corrected chi connectivity index (χ1v) is 8.75. The van der Waals surface area contributed by atoms with Crippen LogP contribution in [0.1, 0.15) is 16.1 Å². The van der Waals surface area contributed by atoms with Crippen molar-refractivity contribution in [3.63, 3.8) is 0 Å². The van der Waals surface area contributed by atoms with Crippen LogP contribution in [0.5, 0.6) is 0 Å². The van der Waals surface area contributed by atoms with Crippen molar-refractivity contribution in [1.82, 2.24) is 0 Å². The van der Waals surface area contributed by atoms with Gasteiger partial charge in [-0.05, 0) is 70.9 Å². The molecule has 0 fully saturated rings. The van der Waals surface area contributed by atoms with Gasteiger partial charge in [-0.1, -0.05) is 22.0 Å². The van der Waals surface area contributed by atoms with Gasteiger partial charge in [-0.2, -0.15) is 0 Å². The Labute approximate surface area is 156 Å². The van der Waals surface area contributed by atoms with Gasteiger partial charge in [-0.3, -0.25) is 4.79 Å². The summed E-state index contributed by atoms with van der Waals surface area (Å²) >= 11 is 6.90. The van der Waals surface area contributed by atoms with E-state index < -0.39 is 0 Å². The zero-order chi connectivity index (χ0) is 17.3. The summed E-state index contributed by atoms with van der Waals surface area (Å²) in [6.07, 6.45) is 0. The molecular formula is C18H14Br2N2O2. The lowest BCUT2D eigenvalue weighted by Crippen LogP contribution is -2.12. The number of rotatable bonds is 3. The van der Waals surface area contributed by atoms with Gasteiger partial charge in [0, 0.05) is 14.5 Å². The van der Waals surface area contributed by atoms with Crippen LogP contribution < -0.4 is 11.1 Å². The Balaban J connectivity index is 1.83. The van der Waals surface area contributed by atoms with E-state index in [2.05, 4.69) is 37.2 Å². The first kappa shape index (κ1) is 16.8. The first-order valence-electron chi connectivity index (χ1n) is 7.17. The third-order valence-electron chi connectivity index (χ3n) is 3.48. The van der Waals surface area contributed by atoms with Crippen LogP contribution in [0.3, 0.4) is 0 Å². The van der Waals surface area contributed by atoms with Crippen LogP contribution in [0.2, 0.25) is 0 Å². The van der Waals surface area contributed by atoms with Crippen molar-refractivity contribution >= 4 is 49.1 Å². The standard InChI is InChI=1S/C18H14Br2N2O2/c1-10-2-5-15(14(21)8-10)22-18(23)17-7-6-16(24-17)12-4-3-11(19)9-13(12)20/h2-9H,21H2,1H3,(H,22,23). The van der Waals surface area contributed by atoms with Gasteiger partial charge in [-0.25, -0.2) is 0 Å². The Bertz CT molecular complexity index is 919. The highest BCUT2D eigenvalue weighted by Gasteiger charge is 2.15. The maximum absolute atomic E-state index is 12.4. The third kappa shape index (κ3) is 3.55. The molecule has 0 radical (unpaired) electrons. The SMILES string of the molecule is Cc1ccc(NC(=O)c2ccc(-c3ccc(Br)cc3Br)o2)c(N)c1. The normalized spacial score (nSPS) is 10.6. The van der Waals surface area contributed by atoms with E-state index in [-0.39, 0.29) is 11.7 Å². The summed E-state index contributed by atoms with van der Waals surface area (Å²) in [6, 6.07) is 14.6.